The van der Waals surface area contributed by atoms with Crippen LogP contribution in [0.25, 0.3) is 0 Å². The summed E-state index contributed by atoms with van der Waals surface area (Å²) >= 11 is 0. The van der Waals surface area contributed by atoms with Gasteiger partial charge < -0.3 is 15.4 Å². The lowest BCUT2D eigenvalue weighted by molar-refractivity contribution is -0.126. The molecule has 3 aromatic rings. The molecule has 5 nitrogen and oxygen atoms in total. The summed E-state index contributed by atoms with van der Waals surface area (Å²) in [6, 6.07) is 25.4. The number of amides is 2. The van der Waals surface area contributed by atoms with Gasteiger partial charge >= 0.3 is 0 Å². The third-order valence-corrected chi connectivity index (χ3v) is 4.64. The number of methoxy groups -OCH3 is 1. The molecule has 1 unspecified atom stereocenters. The molecular formula is C24H24N2O3. The molecule has 0 aromatic heterocycles. The third kappa shape index (κ3) is 5.23. The van der Waals surface area contributed by atoms with Crippen molar-refractivity contribution >= 4 is 17.5 Å². The molecule has 0 aliphatic carbocycles. The van der Waals surface area contributed by atoms with E-state index in [1.165, 1.54) is 0 Å². The average Bonchev–Trinajstić information content (AvgIpc) is 2.76. The number of nitrogens with one attached hydrogen (secondary N) is 2. The second-order valence-corrected chi connectivity index (χ2v) is 6.70. The fraction of sp³-hybridized carbons (Fsp3) is 0.167. The Morgan fingerprint density at radius 3 is 1.76 bits per heavy atom. The van der Waals surface area contributed by atoms with Crippen LogP contribution in [0.3, 0.4) is 0 Å². The molecule has 1 atom stereocenters. The van der Waals surface area contributed by atoms with E-state index in [9.17, 15) is 9.59 Å². The summed E-state index contributed by atoms with van der Waals surface area (Å²) in [5.41, 5.74) is 2.39. The molecule has 2 N–H and O–H groups in total. The second kappa shape index (κ2) is 9.55. The molecule has 3 rings (SSSR count). The Hall–Kier alpha value is -3.60. The van der Waals surface area contributed by atoms with Gasteiger partial charge in [-0.2, -0.15) is 0 Å². The Morgan fingerprint density at radius 1 is 0.759 bits per heavy atom. The molecule has 0 bridgehead atoms. The summed E-state index contributed by atoms with van der Waals surface area (Å²) in [5.74, 6) is -0.297. The Bertz CT molecular complexity index is 901. The van der Waals surface area contributed by atoms with E-state index in [2.05, 4.69) is 10.6 Å². The van der Waals surface area contributed by atoms with Gasteiger partial charge in [-0.1, -0.05) is 60.7 Å². The second-order valence-electron chi connectivity index (χ2n) is 6.70. The highest BCUT2D eigenvalue weighted by Gasteiger charge is 2.25. The van der Waals surface area contributed by atoms with Gasteiger partial charge in [-0.25, -0.2) is 0 Å². The van der Waals surface area contributed by atoms with Crippen molar-refractivity contribution in [3.8, 4) is 5.75 Å². The number of hydrogen-bond acceptors (Lipinski definition) is 3. The van der Waals surface area contributed by atoms with Crippen LogP contribution in [0.1, 0.15) is 24.0 Å². The summed E-state index contributed by atoms with van der Waals surface area (Å²) in [4.78, 5) is 25.6. The minimum absolute atomic E-state index is 0.222. The van der Waals surface area contributed by atoms with E-state index in [1.54, 1.807) is 38.3 Å². The van der Waals surface area contributed by atoms with E-state index >= 15 is 0 Å². The Kier molecular flexibility index (Phi) is 6.63. The van der Waals surface area contributed by atoms with Crippen molar-refractivity contribution in [1.82, 2.24) is 5.32 Å². The summed E-state index contributed by atoms with van der Waals surface area (Å²) in [5, 5.41) is 5.65. The van der Waals surface area contributed by atoms with Crippen LogP contribution >= 0.6 is 0 Å². The smallest absolute Gasteiger partial charge is 0.246 e. The first kappa shape index (κ1) is 20.1. The van der Waals surface area contributed by atoms with Gasteiger partial charge in [0.15, 0.2) is 0 Å². The number of anilines is 1. The summed E-state index contributed by atoms with van der Waals surface area (Å²) < 4.78 is 5.11. The minimum Gasteiger partial charge on any atom is -0.497 e. The largest absolute Gasteiger partial charge is 0.497 e. The highest BCUT2D eigenvalue weighted by molar-refractivity contribution is 5.98. The molecule has 0 aliphatic rings. The number of rotatable bonds is 7. The zero-order valence-corrected chi connectivity index (χ0v) is 16.5. The lowest BCUT2D eigenvalue weighted by Crippen LogP contribution is -2.43. The fourth-order valence-electron chi connectivity index (χ4n) is 3.07. The molecule has 0 fully saturated rings. The molecule has 0 heterocycles. The first-order chi connectivity index (χ1) is 14.1. The van der Waals surface area contributed by atoms with Gasteiger partial charge in [0.25, 0.3) is 0 Å². The molecule has 29 heavy (non-hydrogen) atoms. The normalized spacial score (nSPS) is 11.6. The summed E-state index contributed by atoms with van der Waals surface area (Å²) in [6.45, 7) is 1.67. The van der Waals surface area contributed by atoms with Crippen LogP contribution in [0.2, 0.25) is 0 Å². The number of carbonyl (C=O) groups is 2. The molecule has 148 valence electrons. The first-order valence-corrected chi connectivity index (χ1v) is 9.43. The first-order valence-electron chi connectivity index (χ1n) is 9.43. The fourth-order valence-corrected chi connectivity index (χ4v) is 3.07. The number of hydrogen-bond donors (Lipinski definition) is 2. The molecule has 2 amide bonds. The van der Waals surface area contributed by atoms with Crippen molar-refractivity contribution in [2.75, 3.05) is 12.4 Å². The molecule has 0 saturated heterocycles. The lowest BCUT2D eigenvalue weighted by Gasteiger charge is -2.21. The van der Waals surface area contributed by atoms with Gasteiger partial charge in [-0.3, -0.25) is 9.59 Å². The van der Waals surface area contributed by atoms with Crippen LogP contribution in [0.5, 0.6) is 5.75 Å². The maximum absolute atomic E-state index is 13.1. The number of carbonyl (C=O) groups excluding carboxylic acids is 2. The van der Waals surface area contributed by atoms with Crippen molar-refractivity contribution < 1.29 is 14.3 Å². The zero-order valence-electron chi connectivity index (χ0n) is 16.5. The van der Waals surface area contributed by atoms with E-state index in [1.807, 2.05) is 60.7 Å². The van der Waals surface area contributed by atoms with Crippen molar-refractivity contribution in [2.45, 2.75) is 18.9 Å². The maximum atomic E-state index is 13.1. The maximum Gasteiger partial charge on any atom is 0.246 e. The highest BCUT2D eigenvalue weighted by atomic mass is 16.5. The van der Waals surface area contributed by atoms with Crippen LogP contribution in [-0.2, 0) is 9.59 Å². The van der Waals surface area contributed by atoms with Crippen LogP contribution in [0, 0.1) is 0 Å². The van der Waals surface area contributed by atoms with Gasteiger partial charge in [-0.05, 0) is 42.3 Å². The van der Waals surface area contributed by atoms with E-state index in [0.29, 0.717) is 11.4 Å². The van der Waals surface area contributed by atoms with Crippen LogP contribution < -0.4 is 15.4 Å². The summed E-state index contributed by atoms with van der Waals surface area (Å²) in [6.07, 6.45) is 0. The average molecular weight is 388 g/mol. The third-order valence-electron chi connectivity index (χ3n) is 4.64. The molecule has 0 aliphatic heterocycles. The van der Waals surface area contributed by atoms with E-state index < -0.39 is 12.0 Å². The summed E-state index contributed by atoms with van der Waals surface area (Å²) in [7, 11) is 1.58. The SMILES string of the molecule is COc1ccc(NC(=O)C(C)NC(=O)C(c2ccccc2)c2ccccc2)cc1. The van der Waals surface area contributed by atoms with Crippen molar-refractivity contribution in [2.24, 2.45) is 0 Å². The number of ether oxygens (including phenoxy) is 1. The van der Waals surface area contributed by atoms with E-state index in [0.717, 1.165) is 11.1 Å². The Labute approximate surface area is 170 Å². The zero-order chi connectivity index (χ0) is 20.6. The minimum atomic E-state index is -0.695. The Balaban J connectivity index is 1.72. The standard InChI is InChI=1S/C24H24N2O3/c1-17(23(27)26-20-13-15-21(29-2)16-14-20)25-24(28)22(18-9-5-3-6-10-18)19-11-7-4-8-12-19/h3-17,22H,1-2H3,(H,25,28)(H,26,27). The van der Waals surface area contributed by atoms with E-state index in [-0.39, 0.29) is 11.8 Å². The van der Waals surface area contributed by atoms with Crippen molar-refractivity contribution in [3.63, 3.8) is 0 Å². The van der Waals surface area contributed by atoms with Crippen LogP contribution in [-0.4, -0.2) is 25.0 Å². The topological polar surface area (TPSA) is 67.4 Å². The molecule has 5 heteroatoms. The molecule has 0 radical (unpaired) electrons. The van der Waals surface area contributed by atoms with E-state index in [4.69, 9.17) is 4.74 Å². The van der Waals surface area contributed by atoms with Crippen LogP contribution in [0.15, 0.2) is 84.9 Å². The van der Waals surface area contributed by atoms with Gasteiger partial charge in [0.1, 0.15) is 11.8 Å². The van der Waals surface area contributed by atoms with Gasteiger partial charge in [0, 0.05) is 5.69 Å². The highest BCUT2D eigenvalue weighted by Crippen LogP contribution is 2.25. The van der Waals surface area contributed by atoms with Crippen molar-refractivity contribution in [1.29, 1.82) is 0 Å². The van der Waals surface area contributed by atoms with Gasteiger partial charge in [0.2, 0.25) is 11.8 Å². The van der Waals surface area contributed by atoms with Gasteiger partial charge in [0.05, 0.1) is 13.0 Å². The number of benzene rings is 3. The molecule has 0 saturated carbocycles. The molecule has 3 aromatic carbocycles. The molecular weight excluding hydrogens is 364 g/mol. The Morgan fingerprint density at radius 2 is 1.28 bits per heavy atom. The van der Waals surface area contributed by atoms with Crippen LogP contribution in [0.4, 0.5) is 5.69 Å². The predicted octanol–water partition coefficient (Wildman–Crippen LogP) is 3.97. The predicted molar refractivity (Wildman–Crippen MR) is 114 cm³/mol. The molecule has 0 spiro atoms. The van der Waals surface area contributed by atoms with Gasteiger partial charge in [-0.15, -0.1) is 0 Å². The quantitative estimate of drug-likeness (QED) is 0.644. The lowest BCUT2D eigenvalue weighted by atomic mass is 9.90. The monoisotopic (exact) mass is 388 g/mol. The van der Waals surface area contributed by atoms with Crippen molar-refractivity contribution in [3.05, 3.63) is 96.1 Å².